The lowest BCUT2D eigenvalue weighted by atomic mass is 10.1. The summed E-state index contributed by atoms with van der Waals surface area (Å²) in [6.45, 7) is 5.43. The van der Waals surface area contributed by atoms with Crippen molar-refractivity contribution < 1.29 is 0 Å². The van der Waals surface area contributed by atoms with Crippen LogP contribution in [0, 0.1) is 0 Å². The second-order valence-corrected chi connectivity index (χ2v) is 3.76. The maximum Gasteiger partial charge on any atom is 0.347 e. The first-order valence-electron chi connectivity index (χ1n) is 3.72. The highest BCUT2D eigenvalue weighted by molar-refractivity contribution is 4.79. The number of H-pyrrole nitrogens is 1. The fraction of sp³-hybridized carbons (Fsp3) is 0.714. The van der Waals surface area contributed by atoms with Gasteiger partial charge in [-0.15, -0.1) is 0 Å². The second kappa shape index (κ2) is 2.36. The molecule has 68 valence electrons. The molecule has 1 rings (SSSR count). The summed E-state index contributed by atoms with van der Waals surface area (Å²) in [6.07, 6.45) is 0. The van der Waals surface area contributed by atoms with E-state index >= 15 is 0 Å². The van der Waals surface area contributed by atoms with E-state index in [1.165, 1.54) is 16.3 Å². The van der Waals surface area contributed by atoms with Gasteiger partial charge in [-0.1, -0.05) is 0 Å². The SMILES string of the molecule is Cn1[nH]c(=O)n(C(C)(C)C)c1=O. The molecule has 5 heteroatoms. The Balaban J connectivity index is 3.55. The highest BCUT2D eigenvalue weighted by Crippen LogP contribution is 2.06. The molecule has 0 saturated carbocycles. The molecular weight excluding hydrogens is 158 g/mol. The second-order valence-electron chi connectivity index (χ2n) is 3.76. The predicted molar refractivity (Wildman–Crippen MR) is 45.3 cm³/mol. The molecule has 0 fully saturated rings. The normalized spacial score (nSPS) is 12.0. The van der Waals surface area contributed by atoms with Crippen molar-refractivity contribution in [2.75, 3.05) is 0 Å². The molecule has 1 aromatic rings. The molecule has 1 N–H and O–H groups in total. The molecule has 0 saturated heterocycles. The molecule has 1 heterocycles. The first kappa shape index (κ1) is 8.83. The average Bonchev–Trinajstić information content (AvgIpc) is 2.05. The summed E-state index contributed by atoms with van der Waals surface area (Å²) in [7, 11) is 1.52. The Morgan fingerprint density at radius 2 is 1.75 bits per heavy atom. The van der Waals surface area contributed by atoms with Crippen LogP contribution in [-0.4, -0.2) is 14.3 Å². The van der Waals surface area contributed by atoms with Crippen molar-refractivity contribution in [2.24, 2.45) is 7.05 Å². The van der Waals surface area contributed by atoms with E-state index in [1.54, 1.807) is 0 Å². The van der Waals surface area contributed by atoms with Gasteiger partial charge >= 0.3 is 11.4 Å². The van der Waals surface area contributed by atoms with Crippen molar-refractivity contribution in [2.45, 2.75) is 26.3 Å². The minimum absolute atomic E-state index is 0.312. The number of hydrogen-bond donors (Lipinski definition) is 1. The maximum atomic E-state index is 11.3. The lowest BCUT2D eigenvalue weighted by Gasteiger charge is -2.16. The van der Waals surface area contributed by atoms with Crippen molar-refractivity contribution in [3.05, 3.63) is 21.0 Å². The fourth-order valence-electron chi connectivity index (χ4n) is 1.07. The van der Waals surface area contributed by atoms with Gasteiger partial charge in [-0.3, -0.25) is 0 Å². The Labute approximate surface area is 69.6 Å². The summed E-state index contributed by atoms with van der Waals surface area (Å²) in [4.78, 5) is 22.5. The minimum atomic E-state index is -0.466. The van der Waals surface area contributed by atoms with Crippen LogP contribution >= 0.6 is 0 Å². The van der Waals surface area contributed by atoms with E-state index in [0.717, 1.165) is 0 Å². The van der Waals surface area contributed by atoms with Crippen molar-refractivity contribution in [3.63, 3.8) is 0 Å². The molecular formula is C7H13N3O2. The highest BCUT2D eigenvalue weighted by Gasteiger charge is 2.19. The monoisotopic (exact) mass is 171 g/mol. The van der Waals surface area contributed by atoms with Gasteiger partial charge in [0.15, 0.2) is 0 Å². The summed E-state index contributed by atoms with van der Waals surface area (Å²) in [5.74, 6) is 0. The zero-order valence-electron chi connectivity index (χ0n) is 7.71. The predicted octanol–water partition coefficient (Wildman–Crippen LogP) is -0.370. The molecule has 0 aliphatic carbocycles. The Morgan fingerprint density at radius 1 is 1.25 bits per heavy atom. The number of nitrogens with zero attached hydrogens (tertiary/aromatic N) is 2. The van der Waals surface area contributed by atoms with E-state index in [-0.39, 0.29) is 11.4 Å². The van der Waals surface area contributed by atoms with Gasteiger partial charge in [-0.25, -0.2) is 23.9 Å². The molecule has 0 radical (unpaired) electrons. The Bertz CT molecular complexity index is 388. The molecule has 0 amide bonds. The topological polar surface area (TPSA) is 59.8 Å². The fourth-order valence-corrected chi connectivity index (χ4v) is 1.07. The van der Waals surface area contributed by atoms with Crippen LogP contribution in [0.4, 0.5) is 0 Å². The van der Waals surface area contributed by atoms with Crippen LogP contribution in [0.2, 0.25) is 0 Å². The van der Waals surface area contributed by atoms with Gasteiger partial charge in [0.25, 0.3) is 0 Å². The smallest absolute Gasteiger partial charge is 0.246 e. The van der Waals surface area contributed by atoms with Crippen LogP contribution in [0.1, 0.15) is 20.8 Å². The molecule has 0 atom stereocenters. The van der Waals surface area contributed by atoms with Gasteiger partial charge in [0, 0.05) is 12.6 Å². The van der Waals surface area contributed by atoms with E-state index in [2.05, 4.69) is 5.10 Å². The van der Waals surface area contributed by atoms with Crippen molar-refractivity contribution >= 4 is 0 Å². The van der Waals surface area contributed by atoms with Crippen molar-refractivity contribution in [1.29, 1.82) is 0 Å². The Morgan fingerprint density at radius 3 is 1.92 bits per heavy atom. The summed E-state index contributed by atoms with van der Waals surface area (Å²) in [6, 6.07) is 0. The molecule has 1 aromatic heterocycles. The van der Waals surface area contributed by atoms with E-state index in [0.29, 0.717) is 0 Å². The van der Waals surface area contributed by atoms with Gasteiger partial charge in [0.1, 0.15) is 0 Å². The number of nitrogens with one attached hydrogen (secondary N) is 1. The maximum absolute atomic E-state index is 11.3. The molecule has 12 heavy (non-hydrogen) atoms. The largest absolute Gasteiger partial charge is 0.347 e. The van der Waals surface area contributed by atoms with Crippen LogP contribution in [0.25, 0.3) is 0 Å². The zero-order chi connectivity index (χ0) is 9.52. The third-order valence-corrected chi connectivity index (χ3v) is 1.62. The standard InChI is InChI=1S/C7H13N3O2/c1-7(2,3)10-5(11)8-9(4)6(10)12/h1-4H3,(H,8,11). The average molecular weight is 171 g/mol. The van der Waals surface area contributed by atoms with E-state index in [1.807, 2.05) is 20.8 Å². The molecule has 0 bridgehead atoms. The van der Waals surface area contributed by atoms with E-state index in [4.69, 9.17) is 0 Å². The van der Waals surface area contributed by atoms with E-state index < -0.39 is 5.54 Å². The third-order valence-electron chi connectivity index (χ3n) is 1.62. The van der Waals surface area contributed by atoms with Gasteiger partial charge in [0.2, 0.25) is 0 Å². The van der Waals surface area contributed by atoms with E-state index in [9.17, 15) is 9.59 Å². The molecule has 0 aromatic carbocycles. The lowest BCUT2D eigenvalue weighted by Crippen LogP contribution is -2.40. The first-order valence-corrected chi connectivity index (χ1v) is 3.72. The number of aryl methyl sites for hydroxylation is 1. The Hall–Kier alpha value is -1.26. The van der Waals surface area contributed by atoms with Gasteiger partial charge in [0.05, 0.1) is 0 Å². The molecule has 0 aliphatic heterocycles. The Kier molecular flexibility index (Phi) is 1.74. The van der Waals surface area contributed by atoms with Gasteiger partial charge in [-0.2, -0.15) is 0 Å². The summed E-state index contributed by atoms with van der Waals surface area (Å²) in [5, 5.41) is 2.39. The first-order chi connectivity index (χ1) is 5.34. The quantitative estimate of drug-likeness (QED) is 0.579. The van der Waals surface area contributed by atoms with Crippen molar-refractivity contribution in [1.82, 2.24) is 14.3 Å². The number of rotatable bonds is 0. The molecule has 5 nitrogen and oxygen atoms in total. The van der Waals surface area contributed by atoms with Crippen LogP contribution < -0.4 is 11.4 Å². The van der Waals surface area contributed by atoms with Crippen LogP contribution in [0.3, 0.4) is 0 Å². The summed E-state index contributed by atoms with van der Waals surface area (Å²) in [5.41, 5.74) is -1.14. The van der Waals surface area contributed by atoms with Crippen molar-refractivity contribution in [3.8, 4) is 0 Å². The molecule has 0 aliphatic rings. The zero-order valence-corrected chi connectivity index (χ0v) is 7.71. The highest BCUT2D eigenvalue weighted by atomic mass is 16.2. The number of hydrogen-bond acceptors (Lipinski definition) is 2. The summed E-state index contributed by atoms with van der Waals surface area (Å²) >= 11 is 0. The minimum Gasteiger partial charge on any atom is -0.246 e. The molecule has 0 unspecified atom stereocenters. The number of aromatic nitrogens is 3. The third kappa shape index (κ3) is 1.22. The molecule has 0 spiro atoms. The summed E-state index contributed by atoms with van der Waals surface area (Å²) < 4.78 is 2.36. The van der Waals surface area contributed by atoms with Crippen LogP contribution in [0.15, 0.2) is 9.59 Å². The van der Waals surface area contributed by atoms with Gasteiger partial charge in [-0.05, 0) is 20.8 Å². The van der Waals surface area contributed by atoms with Crippen LogP contribution in [-0.2, 0) is 12.6 Å². The van der Waals surface area contributed by atoms with Crippen LogP contribution in [0.5, 0.6) is 0 Å². The van der Waals surface area contributed by atoms with Gasteiger partial charge < -0.3 is 0 Å². The lowest BCUT2D eigenvalue weighted by molar-refractivity contribution is 0.371. The number of aromatic amines is 1.